The molecule has 0 spiro atoms. The van der Waals surface area contributed by atoms with Crippen LogP contribution in [0.4, 0.5) is 0 Å². The van der Waals surface area contributed by atoms with Crippen molar-refractivity contribution in [2.45, 2.75) is 6.54 Å². The van der Waals surface area contributed by atoms with Gasteiger partial charge in [-0.25, -0.2) is 0 Å². The summed E-state index contributed by atoms with van der Waals surface area (Å²) >= 11 is 5.14. The molecule has 0 aliphatic rings. The Labute approximate surface area is 104 Å². The van der Waals surface area contributed by atoms with Gasteiger partial charge in [0.25, 0.3) is 0 Å². The first-order valence-electron chi connectivity index (χ1n) is 5.16. The van der Waals surface area contributed by atoms with Crippen LogP contribution in [0, 0.1) is 4.77 Å². The number of aromatic nitrogens is 3. The Kier molecular flexibility index (Phi) is 3.55. The summed E-state index contributed by atoms with van der Waals surface area (Å²) in [6.45, 7) is 1.13. The summed E-state index contributed by atoms with van der Waals surface area (Å²) in [6.07, 6.45) is 0. The fraction of sp³-hybridized carbons (Fsp3) is 0.273. The summed E-state index contributed by atoms with van der Waals surface area (Å²) in [5, 5.41) is 16.6. The van der Waals surface area contributed by atoms with Crippen LogP contribution in [0.1, 0.15) is 0 Å². The number of aromatic amines is 1. The molecule has 0 radical (unpaired) electrons. The van der Waals surface area contributed by atoms with E-state index >= 15 is 0 Å². The molecule has 0 aliphatic heterocycles. The Morgan fingerprint density at radius 3 is 2.94 bits per heavy atom. The Bertz CT molecular complexity index is 562. The second kappa shape index (κ2) is 5.11. The van der Waals surface area contributed by atoms with Crippen molar-refractivity contribution in [1.82, 2.24) is 14.8 Å². The third-order valence-electron chi connectivity index (χ3n) is 2.42. The van der Waals surface area contributed by atoms with Gasteiger partial charge < -0.3 is 9.84 Å². The predicted octanol–water partition coefficient (Wildman–Crippen LogP) is 1.96. The quantitative estimate of drug-likeness (QED) is 0.815. The lowest BCUT2D eigenvalue weighted by Crippen LogP contribution is -2.06. The lowest BCUT2D eigenvalue weighted by atomic mass is 10.2. The van der Waals surface area contributed by atoms with Gasteiger partial charge in [0.1, 0.15) is 5.75 Å². The normalized spacial score (nSPS) is 10.6. The molecule has 2 rings (SSSR count). The van der Waals surface area contributed by atoms with Gasteiger partial charge in [-0.1, -0.05) is 12.1 Å². The maximum Gasteiger partial charge on any atom is 0.195 e. The number of methoxy groups -OCH3 is 1. The largest absolute Gasteiger partial charge is 0.507 e. The summed E-state index contributed by atoms with van der Waals surface area (Å²) in [5.74, 6) is 0.797. The number of benzene rings is 1. The second-order valence-electron chi connectivity index (χ2n) is 3.51. The monoisotopic (exact) mass is 251 g/mol. The van der Waals surface area contributed by atoms with Crippen molar-refractivity contribution in [3.8, 4) is 17.1 Å². The van der Waals surface area contributed by atoms with E-state index in [0.717, 1.165) is 0 Å². The van der Waals surface area contributed by atoms with E-state index < -0.39 is 0 Å². The van der Waals surface area contributed by atoms with Gasteiger partial charge in [-0.05, 0) is 24.4 Å². The molecule has 0 fully saturated rings. The average molecular weight is 251 g/mol. The number of nitrogens with one attached hydrogen (secondary N) is 1. The smallest absolute Gasteiger partial charge is 0.195 e. The second-order valence-corrected chi connectivity index (χ2v) is 3.90. The van der Waals surface area contributed by atoms with Crippen molar-refractivity contribution >= 4 is 12.2 Å². The standard InChI is InChI=1S/C11H13N3O2S/c1-16-7-6-14-10(12-13-11(14)17)8-4-2-3-5-9(8)15/h2-5,15H,6-7H2,1H3,(H,13,17). The van der Waals surface area contributed by atoms with E-state index in [1.807, 2.05) is 6.07 Å². The molecule has 0 saturated carbocycles. The molecule has 2 aromatic rings. The molecule has 1 aromatic carbocycles. The Hall–Kier alpha value is -1.66. The molecule has 0 aliphatic carbocycles. The average Bonchev–Trinajstić information content (AvgIpc) is 2.69. The minimum Gasteiger partial charge on any atom is -0.507 e. The van der Waals surface area contributed by atoms with Gasteiger partial charge in [0.15, 0.2) is 10.6 Å². The van der Waals surface area contributed by atoms with Gasteiger partial charge in [0.2, 0.25) is 0 Å². The molecule has 1 heterocycles. The molecule has 1 aromatic heterocycles. The van der Waals surface area contributed by atoms with Gasteiger partial charge >= 0.3 is 0 Å². The van der Waals surface area contributed by atoms with Crippen molar-refractivity contribution in [3.63, 3.8) is 0 Å². The number of H-pyrrole nitrogens is 1. The highest BCUT2D eigenvalue weighted by Crippen LogP contribution is 2.26. The van der Waals surface area contributed by atoms with Crippen LogP contribution in [-0.2, 0) is 11.3 Å². The fourth-order valence-corrected chi connectivity index (χ4v) is 1.80. The van der Waals surface area contributed by atoms with Crippen LogP contribution in [0.2, 0.25) is 0 Å². The molecule has 0 bridgehead atoms. The number of aromatic hydroxyl groups is 1. The SMILES string of the molecule is COCCn1c(-c2ccccc2O)n[nH]c1=S. The number of hydrogen-bond donors (Lipinski definition) is 2. The highest BCUT2D eigenvalue weighted by molar-refractivity contribution is 7.71. The zero-order valence-electron chi connectivity index (χ0n) is 9.38. The van der Waals surface area contributed by atoms with Crippen molar-refractivity contribution in [2.75, 3.05) is 13.7 Å². The molecule has 90 valence electrons. The molecular formula is C11H13N3O2S. The van der Waals surface area contributed by atoms with Crippen molar-refractivity contribution in [3.05, 3.63) is 29.0 Å². The zero-order chi connectivity index (χ0) is 12.3. The van der Waals surface area contributed by atoms with Crippen molar-refractivity contribution in [1.29, 1.82) is 0 Å². The number of phenolic OH excluding ortho intramolecular Hbond substituents is 1. The van der Waals surface area contributed by atoms with Crippen LogP contribution in [0.25, 0.3) is 11.4 Å². The first-order valence-corrected chi connectivity index (χ1v) is 5.57. The molecule has 0 atom stereocenters. The first-order chi connectivity index (χ1) is 8.24. The Morgan fingerprint density at radius 2 is 2.24 bits per heavy atom. The van der Waals surface area contributed by atoms with Gasteiger partial charge in [-0.2, -0.15) is 5.10 Å². The van der Waals surface area contributed by atoms with Crippen molar-refractivity contribution < 1.29 is 9.84 Å². The lowest BCUT2D eigenvalue weighted by molar-refractivity contribution is 0.187. The lowest BCUT2D eigenvalue weighted by Gasteiger charge is -2.07. The molecule has 0 saturated heterocycles. The number of para-hydroxylation sites is 1. The van der Waals surface area contributed by atoms with E-state index in [0.29, 0.717) is 29.3 Å². The van der Waals surface area contributed by atoms with E-state index in [-0.39, 0.29) is 5.75 Å². The Morgan fingerprint density at radius 1 is 1.47 bits per heavy atom. The summed E-state index contributed by atoms with van der Waals surface area (Å²) in [6, 6.07) is 7.02. The molecular weight excluding hydrogens is 238 g/mol. The zero-order valence-corrected chi connectivity index (χ0v) is 10.2. The molecule has 2 N–H and O–H groups in total. The molecule has 6 heteroatoms. The molecule has 5 nitrogen and oxygen atoms in total. The van der Waals surface area contributed by atoms with Crippen LogP contribution in [-0.4, -0.2) is 33.6 Å². The van der Waals surface area contributed by atoms with Gasteiger partial charge in [0, 0.05) is 7.11 Å². The maximum absolute atomic E-state index is 9.79. The van der Waals surface area contributed by atoms with E-state index in [9.17, 15) is 5.11 Å². The maximum atomic E-state index is 9.79. The number of nitrogens with zero attached hydrogens (tertiary/aromatic N) is 2. The first kappa shape index (κ1) is 11.8. The highest BCUT2D eigenvalue weighted by Gasteiger charge is 2.11. The minimum atomic E-state index is 0.181. The summed E-state index contributed by atoms with van der Waals surface area (Å²) in [5.41, 5.74) is 0.649. The summed E-state index contributed by atoms with van der Waals surface area (Å²) < 4.78 is 7.33. The number of phenols is 1. The third-order valence-corrected chi connectivity index (χ3v) is 2.73. The number of hydrogen-bond acceptors (Lipinski definition) is 4. The van der Waals surface area contributed by atoms with E-state index in [4.69, 9.17) is 17.0 Å². The molecule has 0 unspecified atom stereocenters. The van der Waals surface area contributed by atoms with Crippen LogP contribution in [0.3, 0.4) is 0 Å². The van der Waals surface area contributed by atoms with E-state index in [2.05, 4.69) is 10.2 Å². The van der Waals surface area contributed by atoms with Crippen LogP contribution in [0.15, 0.2) is 24.3 Å². The fourth-order valence-electron chi connectivity index (χ4n) is 1.58. The van der Waals surface area contributed by atoms with Crippen molar-refractivity contribution in [2.24, 2.45) is 0 Å². The van der Waals surface area contributed by atoms with Crippen LogP contribution >= 0.6 is 12.2 Å². The highest BCUT2D eigenvalue weighted by atomic mass is 32.1. The van der Waals surface area contributed by atoms with Gasteiger partial charge in [-0.3, -0.25) is 9.67 Å². The van der Waals surface area contributed by atoms with Gasteiger partial charge in [-0.15, -0.1) is 0 Å². The number of ether oxygens (including phenoxy) is 1. The number of rotatable bonds is 4. The topological polar surface area (TPSA) is 63.1 Å². The minimum absolute atomic E-state index is 0.181. The van der Waals surface area contributed by atoms with Gasteiger partial charge in [0.05, 0.1) is 18.7 Å². The predicted molar refractivity (Wildman–Crippen MR) is 66.4 cm³/mol. The van der Waals surface area contributed by atoms with E-state index in [1.165, 1.54) is 0 Å². The molecule has 0 amide bonds. The Balaban J connectivity index is 2.46. The van der Waals surface area contributed by atoms with Crippen LogP contribution < -0.4 is 0 Å². The van der Waals surface area contributed by atoms with E-state index in [1.54, 1.807) is 29.9 Å². The molecule has 17 heavy (non-hydrogen) atoms. The summed E-state index contributed by atoms with van der Waals surface area (Å²) in [7, 11) is 1.63. The third kappa shape index (κ3) is 2.37. The summed E-state index contributed by atoms with van der Waals surface area (Å²) in [4.78, 5) is 0. The van der Waals surface area contributed by atoms with Crippen LogP contribution in [0.5, 0.6) is 5.75 Å².